The van der Waals surface area contributed by atoms with Gasteiger partial charge >= 0.3 is 0 Å². The van der Waals surface area contributed by atoms with E-state index in [0.717, 1.165) is 69.9 Å². The Morgan fingerprint density at radius 3 is 2.70 bits per heavy atom. The fraction of sp³-hybridized carbons (Fsp3) is 0.500. The summed E-state index contributed by atoms with van der Waals surface area (Å²) in [6.45, 7) is 9.07. The Morgan fingerprint density at radius 1 is 1.15 bits per heavy atom. The maximum absolute atomic E-state index is 5.66. The van der Waals surface area contributed by atoms with E-state index in [0.29, 0.717) is 0 Å². The molecule has 1 aromatic carbocycles. The van der Waals surface area contributed by atoms with Crippen LogP contribution in [0.4, 0.5) is 11.5 Å². The van der Waals surface area contributed by atoms with Crippen molar-refractivity contribution in [2.45, 2.75) is 19.6 Å². The van der Waals surface area contributed by atoms with Gasteiger partial charge in [0.15, 0.2) is 5.96 Å². The van der Waals surface area contributed by atoms with Gasteiger partial charge in [-0.05, 0) is 36.8 Å². The van der Waals surface area contributed by atoms with Gasteiger partial charge in [0.1, 0.15) is 11.6 Å². The smallest absolute Gasteiger partial charge is 0.194 e. The summed E-state index contributed by atoms with van der Waals surface area (Å²) >= 11 is 0. The van der Waals surface area contributed by atoms with Crippen LogP contribution in [0.3, 0.4) is 0 Å². The second kappa shape index (κ2) is 12.3. The van der Waals surface area contributed by atoms with Gasteiger partial charge in [-0.15, -0.1) is 24.0 Å². The highest BCUT2D eigenvalue weighted by Crippen LogP contribution is 2.22. The molecule has 8 nitrogen and oxygen atoms in total. The van der Waals surface area contributed by atoms with Gasteiger partial charge in [-0.3, -0.25) is 4.99 Å². The van der Waals surface area contributed by atoms with Crippen molar-refractivity contribution >= 4 is 41.4 Å². The van der Waals surface area contributed by atoms with Crippen molar-refractivity contribution in [2.75, 3.05) is 69.8 Å². The van der Waals surface area contributed by atoms with Crippen molar-refractivity contribution in [3.05, 3.63) is 48.2 Å². The van der Waals surface area contributed by atoms with Crippen LogP contribution < -0.4 is 19.9 Å². The zero-order chi connectivity index (χ0) is 22.3. The van der Waals surface area contributed by atoms with Crippen LogP contribution in [0.25, 0.3) is 0 Å². The molecule has 0 spiro atoms. The lowest BCUT2D eigenvalue weighted by Gasteiger charge is -2.37. The van der Waals surface area contributed by atoms with Crippen LogP contribution in [0.5, 0.6) is 5.75 Å². The third kappa shape index (κ3) is 6.63. The number of guanidine groups is 1. The molecule has 2 aromatic rings. The van der Waals surface area contributed by atoms with Gasteiger partial charge in [0.05, 0.1) is 19.8 Å². The topological polar surface area (TPSA) is 65.5 Å². The first-order valence-electron chi connectivity index (χ1n) is 11.3. The quantitative estimate of drug-likeness (QED) is 0.340. The zero-order valence-electron chi connectivity index (χ0n) is 19.7. The number of anilines is 2. The molecule has 1 aromatic heterocycles. The minimum absolute atomic E-state index is 0. The molecule has 2 aliphatic rings. The molecule has 1 N–H and O–H groups in total. The average molecular weight is 566 g/mol. The lowest BCUT2D eigenvalue weighted by molar-refractivity contribution is 0.0529. The monoisotopic (exact) mass is 566 g/mol. The molecule has 2 aliphatic heterocycles. The van der Waals surface area contributed by atoms with Crippen LogP contribution in [0.2, 0.25) is 0 Å². The molecule has 3 heterocycles. The fourth-order valence-corrected chi connectivity index (χ4v) is 4.27. The molecule has 4 rings (SSSR count). The summed E-state index contributed by atoms with van der Waals surface area (Å²) in [6, 6.07) is 12.5. The Hall–Kier alpha value is -2.27. The number of morpholine rings is 1. The van der Waals surface area contributed by atoms with Gasteiger partial charge in [-0.25, -0.2) is 4.98 Å². The number of nitrogens with one attached hydrogen (secondary N) is 1. The Bertz CT molecular complexity index is 919. The van der Waals surface area contributed by atoms with Crippen molar-refractivity contribution in [3.63, 3.8) is 0 Å². The Morgan fingerprint density at radius 2 is 1.97 bits per heavy atom. The number of nitrogens with zero attached hydrogens (tertiary/aromatic N) is 5. The summed E-state index contributed by atoms with van der Waals surface area (Å²) in [5.74, 6) is 2.85. The predicted molar refractivity (Wildman–Crippen MR) is 144 cm³/mol. The van der Waals surface area contributed by atoms with E-state index in [1.54, 1.807) is 7.11 Å². The summed E-state index contributed by atoms with van der Waals surface area (Å²) in [6.07, 6.45) is 2.13. The number of piperazine rings is 1. The summed E-state index contributed by atoms with van der Waals surface area (Å²) in [7, 11) is 3.56. The minimum atomic E-state index is 0. The van der Waals surface area contributed by atoms with E-state index >= 15 is 0 Å². The molecule has 180 valence electrons. The van der Waals surface area contributed by atoms with Gasteiger partial charge in [0.2, 0.25) is 0 Å². The molecule has 0 bridgehead atoms. The molecule has 0 saturated carbocycles. The molecule has 0 radical (unpaired) electrons. The average Bonchev–Trinajstić information content (AvgIpc) is 2.85. The molecule has 1 unspecified atom stereocenters. The lowest BCUT2D eigenvalue weighted by Crippen LogP contribution is -2.52. The number of halogens is 1. The van der Waals surface area contributed by atoms with Crippen molar-refractivity contribution in [1.29, 1.82) is 0 Å². The van der Waals surface area contributed by atoms with E-state index < -0.39 is 0 Å². The van der Waals surface area contributed by atoms with E-state index in [1.807, 2.05) is 25.4 Å². The van der Waals surface area contributed by atoms with E-state index in [-0.39, 0.29) is 30.1 Å². The van der Waals surface area contributed by atoms with Gasteiger partial charge < -0.3 is 29.5 Å². The van der Waals surface area contributed by atoms with Crippen LogP contribution in [0.1, 0.15) is 12.5 Å². The molecule has 0 amide bonds. The number of methoxy groups -OCH3 is 1. The first kappa shape index (κ1) is 25.4. The molecule has 9 heteroatoms. The van der Waals surface area contributed by atoms with Crippen molar-refractivity contribution < 1.29 is 9.47 Å². The second-order valence-electron chi connectivity index (χ2n) is 8.23. The molecule has 0 aliphatic carbocycles. The molecule has 2 fully saturated rings. The third-order valence-electron chi connectivity index (χ3n) is 6.04. The lowest BCUT2D eigenvalue weighted by atomic mass is 10.2. The maximum Gasteiger partial charge on any atom is 0.194 e. The highest BCUT2D eigenvalue weighted by molar-refractivity contribution is 14.0. The van der Waals surface area contributed by atoms with E-state index in [9.17, 15) is 0 Å². The maximum atomic E-state index is 5.66. The summed E-state index contributed by atoms with van der Waals surface area (Å²) < 4.78 is 11.0. The molecule has 1 atom stereocenters. The Kier molecular flexibility index (Phi) is 9.42. The molecular weight excluding hydrogens is 531 g/mol. The highest BCUT2D eigenvalue weighted by atomic mass is 127. The van der Waals surface area contributed by atoms with Crippen molar-refractivity contribution in [1.82, 2.24) is 15.2 Å². The second-order valence-corrected chi connectivity index (χ2v) is 8.23. The number of rotatable bonds is 5. The number of hydrogen-bond donors (Lipinski definition) is 1. The van der Waals surface area contributed by atoms with Gasteiger partial charge in [0, 0.05) is 70.8 Å². The molecule has 33 heavy (non-hydrogen) atoms. The molecular formula is C24H35IN6O2. The van der Waals surface area contributed by atoms with E-state index in [2.05, 4.69) is 61.2 Å². The number of hydrogen-bond acceptors (Lipinski definition) is 6. The normalized spacial score (nSPS) is 19.2. The minimum Gasteiger partial charge on any atom is -0.497 e. The van der Waals surface area contributed by atoms with Crippen LogP contribution in [0, 0.1) is 0 Å². The Balaban J connectivity index is 0.00000306. The fourth-order valence-electron chi connectivity index (χ4n) is 4.27. The van der Waals surface area contributed by atoms with E-state index in [4.69, 9.17) is 9.47 Å². The van der Waals surface area contributed by atoms with Gasteiger partial charge in [-0.1, -0.05) is 6.07 Å². The van der Waals surface area contributed by atoms with Crippen LogP contribution >= 0.6 is 24.0 Å². The predicted octanol–water partition coefficient (Wildman–Crippen LogP) is 2.83. The highest BCUT2D eigenvalue weighted by Gasteiger charge is 2.21. The van der Waals surface area contributed by atoms with Crippen LogP contribution in [0.15, 0.2) is 47.6 Å². The summed E-state index contributed by atoms with van der Waals surface area (Å²) in [5.41, 5.74) is 2.40. The standard InChI is InChI=1S/C24H34N6O2.HI/c1-19-18-30(13-14-32-19)23-15-20(7-8-26-23)17-27-24(25-2)29-11-9-28(10-12-29)21-5-4-6-22(16-21)31-3;/h4-8,15-16,19H,9-14,17-18H2,1-3H3,(H,25,27);1H. The number of aliphatic imine (C=N–C) groups is 1. The van der Waals surface area contributed by atoms with Crippen molar-refractivity contribution in [3.8, 4) is 5.75 Å². The number of aromatic nitrogens is 1. The summed E-state index contributed by atoms with van der Waals surface area (Å²) in [5, 5.41) is 3.53. The zero-order valence-corrected chi connectivity index (χ0v) is 22.1. The van der Waals surface area contributed by atoms with Crippen molar-refractivity contribution in [2.24, 2.45) is 4.99 Å². The Labute approximate surface area is 214 Å². The number of pyridine rings is 1. The van der Waals surface area contributed by atoms with Gasteiger partial charge in [0.25, 0.3) is 0 Å². The van der Waals surface area contributed by atoms with Crippen LogP contribution in [-0.4, -0.2) is 82.0 Å². The van der Waals surface area contributed by atoms with Gasteiger partial charge in [-0.2, -0.15) is 0 Å². The first-order chi connectivity index (χ1) is 15.7. The third-order valence-corrected chi connectivity index (χ3v) is 6.04. The van der Waals surface area contributed by atoms with E-state index in [1.165, 1.54) is 11.3 Å². The largest absolute Gasteiger partial charge is 0.497 e. The SMILES string of the molecule is CN=C(NCc1ccnc(N2CCOC(C)C2)c1)N1CCN(c2cccc(OC)c2)CC1.I. The van der Waals surface area contributed by atoms with Crippen LogP contribution in [-0.2, 0) is 11.3 Å². The first-order valence-corrected chi connectivity index (χ1v) is 11.3. The summed E-state index contributed by atoms with van der Waals surface area (Å²) in [4.78, 5) is 16.1. The molecule has 2 saturated heterocycles. The number of ether oxygens (including phenoxy) is 2. The number of benzene rings is 1.